The molecule has 3 amide bonds. The fraction of sp³-hybridized carbons (Fsp3) is 0.343. The molecule has 11 nitrogen and oxygen atoms in total. The van der Waals surface area contributed by atoms with E-state index in [1.165, 1.54) is 11.3 Å². The number of aromatic nitrogens is 2. The number of nitrogens with one attached hydrogen (secondary N) is 3. The van der Waals surface area contributed by atoms with Crippen molar-refractivity contribution in [2.24, 2.45) is 5.92 Å². The van der Waals surface area contributed by atoms with Gasteiger partial charge in [-0.2, -0.15) is 0 Å². The lowest BCUT2D eigenvalue weighted by molar-refractivity contribution is -0.125. The molecule has 0 saturated carbocycles. The van der Waals surface area contributed by atoms with Crippen molar-refractivity contribution in [3.05, 3.63) is 118 Å². The molecule has 47 heavy (non-hydrogen) atoms. The van der Waals surface area contributed by atoms with E-state index >= 15 is 0 Å². The smallest absolute Gasteiger partial charge is 0.408 e. The minimum atomic E-state index is -1.07. The summed E-state index contributed by atoms with van der Waals surface area (Å²) in [6.45, 7) is 3.67. The summed E-state index contributed by atoms with van der Waals surface area (Å²) in [6.07, 6.45) is 3.24. The molecular weight excluding hydrogens is 618 g/mol. The fourth-order valence-electron chi connectivity index (χ4n) is 4.97. The monoisotopic (exact) mass is 659 g/mol. The quantitative estimate of drug-likeness (QED) is 0.134. The summed E-state index contributed by atoms with van der Waals surface area (Å²) in [7, 11) is 0. The Morgan fingerprint density at radius 2 is 1.43 bits per heavy atom. The molecule has 0 aliphatic carbocycles. The number of ether oxygens (including phenoxy) is 2. The summed E-state index contributed by atoms with van der Waals surface area (Å²) in [5, 5.41) is 22.6. The van der Waals surface area contributed by atoms with E-state index in [4.69, 9.17) is 9.47 Å². The molecule has 0 aliphatic rings. The Bertz CT molecular complexity index is 1510. The third kappa shape index (κ3) is 12.1. The average molecular weight is 660 g/mol. The lowest BCUT2D eigenvalue weighted by Crippen LogP contribution is -2.54. The Labute approximate surface area is 278 Å². The fourth-order valence-corrected chi connectivity index (χ4v) is 5.50. The number of amides is 3. The molecule has 0 spiro atoms. The van der Waals surface area contributed by atoms with E-state index in [-0.39, 0.29) is 25.6 Å². The molecule has 4 atom stereocenters. The van der Waals surface area contributed by atoms with Gasteiger partial charge >= 0.3 is 12.2 Å². The highest BCUT2D eigenvalue weighted by molar-refractivity contribution is 7.09. The number of rotatable bonds is 16. The van der Waals surface area contributed by atoms with Gasteiger partial charge in [0, 0.05) is 35.6 Å². The number of nitrogens with zero attached hydrogens (tertiary/aromatic N) is 2. The molecule has 12 heteroatoms. The van der Waals surface area contributed by atoms with Crippen molar-refractivity contribution >= 4 is 29.4 Å². The Kier molecular flexibility index (Phi) is 13.7. The minimum Gasteiger partial charge on any atom is -0.445 e. The summed E-state index contributed by atoms with van der Waals surface area (Å²) in [5.41, 5.74) is 2.59. The SMILES string of the molecule is CC(C)[C@H](NC(=O)OCc1nccs1)C(=O)N[C@@H](Cc1ccccc1)C[C@H](O)[C@H](Cc1ccccc1)NC(=O)OCc1cccnc1. The molecule has 2 heterocycles. The van der Waals surface area contributed by atoms with Gasteiger partial charge in [0.05, 0.1) is 12.1 Å². The van der Waals surface area contributed by atoms with Crippen LogP contribution >= 0.6 is 11.3 Å². The molecule has 0 fully saturated rings. The molecule has 2 aromatic heterocycles. The highest BCUT2D eigenvalue weighted by Crippen LogP contribution is 2.16. The molecule has 2 aromatic carbocycles. The van der Waals surface area contributed by atoms with Crippen LogP contribution < -0.4 is 16.0 Å². The van der Waals surface area contributed by atoms with Gasteiger partial charge in [-0.05, 0) is 42.4 Å². The van der Waals surface area contributed by atoms with Crippen LogP contribution in [0.5, 0.6) is 0 Å². The molecule has 248 valence electrons. The van der Waals surface area contributed by atoms with E-state index in [1.54, 1.807) is 36.1 Å². The number of aliphatic hydroxyl groups is 1. The van der Waals surface area contributed by atoms with Crippen molar-refractivity contribution in [1.29, 1.82) is 0 Å². The van der Waals surface area contributed by atoms with Crippen molar-refractivity contribution in [3.8, 4) is 0 Å². The zero-order valence-electron chi connectivity index (χ0n) is 26.5. The number of pyridine rings is 1. The Hall–Kier alpha value is -4.81. The Morgan fingerprint density at radius 1 is 0.787 bits per heavy atom. The first-order chi connectivity index (χ1) is 22.8. The van der Waals surface area contributed by atoms with E-state index < -0.39 is 42.3 Å². The van der Waals surface area contributed by atoms with Gasteiger partial charge in [0.15, 0.2) is 0 Å². The minimum absolute atomic E-state index is 0.000760. The van der Waals surface area contributed by atoms with Gasteiger partial charge in [-0.1, -0.05) is 80.6 Å². The first-order valence-electron chi connectivity index (χ1n) is 15.5. The first-order valence-corrected chi connectivity index (χ1v) is 16.3. The van der Waals surface area contributed by atoms with Crippen LogP contribution in [0.1, 0.15) is 42.0 Å². The average Bonchev–Trinajstić information content (AvgIpc) is 3.60. The van der Waals surface area contributed by atoms with Gasteiger partial charge in [0.2, 0.25) is 5.91 Å². The molecule has 0 saturated heterocycles. The highest BCUT2D eigenvalue weighted by atomic mass is 32.1. The van der Waals surface area contributed by atoms with E-state index in [2.05, 4.69) is 25.9 Å². The maximum Gasteiger partial charge on any atom is 0.408 e. The van der Waals surface area contributed by atoms with Crippen molar-refractivity contribution in [3.63, 3.8) is 0 Å². The highest BCUT2D eigenvalue weighted by Gasteiger charge is 2.30. The third-order valence-electron chi connectivity index (χ3n) is 7.39. The number of carbonyl (C=O) groups excluding carboxylic acids is 3. The standard InChI is InChI=1S/C35H41N5O6S/c1-24(2)32(40-35(44)46-23-31-37-16-17-47-31)33(42)38-28(18-25-10-5-3-6-11-25)20-30(41)29(19-26-12-7-4-8-13-26)39-34(43)45-22-27-14-9-15-36-21-27/h3-17,21,24,28-30,32,41H,18-20,22-23H2,1-2H3,(H,38,42)(H,39,43)(H,40,44)/t28-,29-,30-,32-/m0/s1. The molecule has 4 N–H and O–H groups in total. The van der Waals surface area contributed by atoms with Gasteiger partial charge in [-0.15, -0.1) is 11.3 Å². The zero-order valence-corrected chi connectivity index (χ0v) is 27.3. The van der Waals surface area contributed by atoms with Crippen LogP contribution in [0, 0.1) is 5.92 Å². The number of carbonyl (C=O) groups is 3. The lowest BCUT2D eigenvalue weighted by Gasteiger charge is -2.30. The normalized spacial score (nSPS) is 13.5. The van der Waals surface area contributed by atoms with Crippen LogP contribution in [0.4, 0.5) is 9.59 Å². The van der Waals surface area contributed by atoms with E-state index in [1.807, 2.05) is 74.5 Å². The summed E-state index contributed by atoms with van der Waals surface area (Å²) in [6, 6.07) is 20.5. The lowest BCUT2D eigenvalue weighted by atomic mass is 9.93. The second-order valence-electron chi connectivity index (χ2n) is 11.4. The molecule has 0 aliphatic heterocycles. The van der Waals surface area contributed by atoms with Gasteiger partial charge < -0.3 is 30.5 Å². The number of alkyl carbamates (subject to hydrolysis) is 2. The third-order valence-corrected chi connectivity index (χ3v) is 8.14. The van der Waals surface area contributed by atoms with Crippen molar-refractivity contribution in [1.82, 2.24) is 25.9 Å². The predicted octanol–water partition coefficient (Wildman–Crippen LogP) is 4.81. The predicted molar refractivity (Wildman–Crippen MR) is 178 cm³/mol. The van der Waals surface area contributed by atoms with Crippen LogP contribution in [0.15, 0.2) is 96.8 Å². The van der Waals surface area contributed by atoms with Crippen LogP contribution in [-0.2, 0) is 40.3 Å². The maximum atomic E-state index is 13.6. The molecule has 4 rings (SSSR count). The number of aliphatic hydroxyl groups excluding tert-OH is 1. The zero-order chi connectivity index (χ0) is 33.4. The van der Waals surface area contributed by atoms with Crippen LogP contribution in [0.25, 0.3) is 0 Å². The van der Waals surface area contributed by atoms with Gasteiger partial charge in [-0.25, -0.2) is 14.6 Å². The molecule has 0 bridgehead atoms. The first kappa shape index (κ1) is 35.1. The summed E-state index contributed by atoms with van der Waals surface area (Å²) < 4.78 is 10.7. The van der Waals surface area contributed by atoms with E-state index in [9.17, 15) is 19.5 Å². The van der Waals surface area contributed by atoms with Gasteiger partial charge in [-0.3, -0.25) is 9.78 Å². The van der Waals surface area contributed by atoms with Crippen molar-refractivity contribution in [2.45, 2.75) is 70.6 Å². The molecule has 0 radical (unpaired) electrons. The van der Waals surface area contributed by atoms with Crippen LogP contribution in [-0.4, -0.2) is 57.4 Å². The largest absolute Gasteiger partial charge is 0.445 e. The van der Waals surface area contributed by atoms with Crippen molar-refractivity contribution in [2.75, 3.05) is 0 Å². The number of benzene rings is 2. The summed E-state index contributed by atoms with van der Waals surface area (Å²) >= 11 is 1.36. The second kappa shape index (κ2) is 18.4. The topological polar surface area (TPSA) is 152 Å². The summed E-state index contributed by atoms with van der Waals surface area (Å²) in [5.74, 6) is -0.672. The summed E-state index contributed by atoms with van der Waals surface area (Å²) in [4.78, 5) is 47.2. The number of thiazole rings is 1. The number of hydrogen-bond donors (Lipinski definition) is 4. The Balaban J connectivity index is 1.46. The van der Waals surface area contributed by atoms with E-state index in [0.29, 0.717) is 17.8 Å². The Morgan fingerprint density at radius 3 is 2.04 bits per heavy atom. The molecular formula is C35H41N5O6S. The maximum absolute atomic E-state index is 13.6. The van der Waals surface area contributed by atoms with Crippen LogP contribution in [0.3, 0.4) is 0 Å². The van der Waals surface area contributed by atoms with Crippen molar-refractivity contribution < 1.29 is 29.0 Å². The molecule has 0 unspecified atom stereocenters. The molecule has 4 aromatic rings. The number of hydrogen-bond acceptors (Lipinski definition) is 9. The van der Waals surface area contributed by atoms with Crippen LogP contribution in [0.2, 0.25) is 0 Å². The van der Waals surface area contributed by atoms with E-state index in [0.717, 1.165) is 16.7 Å². The van der Waals surface area contributed by atoms with Gasteiger partial charge in [0.25, 0.3) is 0 Å². The second-order valence-corrected chi connectivity index (χ2v) is 12.4. The van der Waals surface area contributed by atoms with Gasteiger partial charge in [0.1, 0.15) is 24.3 Å².